The van der Waals surface area contributed by atoms with Gasteiger partial charge >= 0.3 is 0 Å². The van der Waals surface area contributed by atoms with Gasteiger partial charge in [-0.05, 0) is 38.0 Å². The number of para-hydroxylation sites is 1. The molecule has 0 bridgehead atoms. The minimum absolute atomic E-state index is 0.180. The van der Waals surface area contributed by atoms with Gasteiger partial charge in [0.25, 0.3) is 5.56 Å². The molecule has 1 aromatic carbocycles. The van der Waals surface area contributed by atoms with E-state index in [1.165, 1.54) is 10.7 Å². The van der Waals surface area contributed by atoms with Crippen molar-refractivity contribution in [3.63, 3.8) is 0 Å². The molecule has 1 N–H and O–H groups in total. The van der Waals surface area contributed by atoms with Crippen LogP contribution in [0.2, 0.25) is 0 Å². The Hall–Kier alpha value is -2.77. The number of aliphatic hydroxyl groups is 1. The van der Waals surface area contributed by atoms with E-state index in [1.54, 1.807) is 13.2 Å². The maximum Gasteiger partial charge on any atom is 0.266 e. The van der Waals surface area contributed by atoms with E-state index in [1.807, 2.05) is 31.2 Å². The van der Waals surface area contributed by atoms with E-state index in [0.717, 1.165) is 41.1 Å². The van der Waals surface area contributed by atoms with Crippen molar-refractivity contribution in [2.24, 2.45) is 0 Å². The molecule has 0 amide bonds. The molecule has 29 heavy (non-hydrogen) atoms. The van der Waals surface area contributed by atoms with E-state index in [9.17, 15) is 9.90 Å². The molecule has 4 rings (SSSR count). The van der Waals surface area contributed by atoms with Crippen LogP contribution < -0.4 is 10.3 Å². The summed E-state index contributed by atoms with van der Waals surface area (Å²) < 4.78 is 6.81. The van der Waals surface area contributed by atoms with Crippen molar-refractivity contribution >= 4 is 10.9 Å². The third-order valence-corrected chi connectivity index (χ3v) is 5.58. The Balaban J connectivity index is 1.43. The number of hydrogen-bond acceptors (Lipinski definition) is 6. The maximum atomic E-state index is 12.0. The largest absolute Gasteiger partial charge is 0.494 e. The van der Waals surface area contributed by atoms with Crippen LogP contribution >= 0.6 is 0 Å². The second kappa shape index (κ2) is 7.93. The normalized spacial score (nSPS) is 16.8. The molecule has 1 aliphatic heterocycles. The Bertz CT molecular complexity index is 1070. The quantitative estimate of drug-likeness (QED) is 0.714. The average molecular weight is 394 g/mol. The molecule has 0 radical (unpaired) electrons. The van der Waals surface area contributed by atoms with Crippen molar-refractivity contribution in [1.29, 1.82) is 0 Å². The van der Waals surface area contributed by atoms with Gasteiger partial charge in [-0.3, -0.25) is 9.69 Å². The van der Waals surface area contributed by atoms with Gasteiger partial charge in [0.15, 0.2) is 0 Å². The highest BCUT2D eigenvalue weighted by atomic mass is 16.5. The molecule has 0 saturated carbocycles. The van der Waals surface area contributed by atoms with E-state index >= 15 is 0 Å². The van der Waals surface area contributed by atoms with Crippen LogP contribution in [0.5, 0.6) is 5.75 Å². The maximum absolute atomic E-state index is 12.0. The Kier molecular flexibility index (Phi) is 5.34. The summed E-state index contributed by atoms with van der Waals surface area (Å²) in [7, 11) is 1.66. The molecular formula is C22H26N4O3. The van der Waals surface area contributed by atoms with Crippen LogP contribution in [0, 0.1) is 6.92 Å². The molecule has 0 atom stereocenters. The van der Waals surface area contributed by atoms with Crippen molar-refractivity contribution in [2.75, 3.05) is 20.2 Å². The van der Waals surface area contributed by atoms with Crippen LogP contribution in [0.15, 0.2) is 47.3 Å². The molecule has 1 fully saturated rings. The molecular weight excluding hydrogens is 368 g/mol. The minimum atomic E-state index is -0.916. The number of methoxy groups -OCH3 is 1. The second-order valence-corrected chi connectivity index (χ2v) is 7.81. The van der Waals surface area contributed by atoms with Crippen molar-refractivity contribution in [2.45, 2.75) is 38.5 Å². The summed E-state index contributed by atoms with van der Waals surface area (Å²) >= 11 is 0. The second-order valence-electron chi connectivity index (χ2n) is 7.81. The van der Waals surface area contributed by atoms with Gasteiger partial charge in [-0.15, -0.1) is 0 Å². The minimum Gasteiger partial charge on any atom is -0.494 e. The first-order valence-corrected chi connectivity index (χ1v) is 9.88. The van der Waals surface area contributed by atoms with Crippen molar-refractivity contribution in [3.05, 3.63) is 64.2 Å². The van der Waals surface area contributed by atoms with E-state index in [-0.39, 0.29) is 12.1 Å². The number of rotatable bonds is 5. The summed E-state index contributed by atoms with van der Waals surface area (Å²) in [6, 6.07) is 13.2. The molecule has 1 saturated heterocycles. The Morgan fingerprint density at radius 3 is 2.69 bits per heavy atom. The molecule has 2 aromatic heterocycles. The van der Waals surface area contributed by atoms with E-state index < -0.39 is 5.60 Å². The number of benzene rings is 1. The standard InChI is InChI=1S/C22H26N4O3/c1-16-6-9-20(27)26(24-16)15-22(28)10-12-25(13-11-22)14-18-8-7-17-4-3-5-19(29-2)21(17)23-18/h3-9,28H,10-15H2,1-2H3. The lowest BCUT2D eigenvalue weighted by molar-refractivity contribution is -0.0392. The third kappa shape index (κ3) is 4.31. The molecule has 152 valence electrons. The number of piperidine rings is 1. The van der Waals surface area contributed by atoms with Gasteiger partial charge in [-0.1, -0.05) is 18.2 Å². The lowest BCUT2D eigenvalue weighted by Gasteiger charge is -2.38. The Morgan fingerprint density at radius 2 is 1.93 bits per heavy atom. The van der Waals surface area contributed by atoms with E-state index in [0.29, 0.717) is 19.4 Å². The van der Waals surface area contributed by atoms with Gasteiger partial charge < -0.3 is 9.84 Å². The highest BCUT2D eigenvalue weighted by Crippen LogP contribution is 2.26. The summed E-state index contributed by atoms with van der Waals surface area (Å²) in [5.74, 6) is 0.772. The number of ether oxygens (including phenoxy) is 1. The monoisotopic (exact) mass is 394 g/mol. The number of fused-ring (bicyclic) bond motifs is 1. The highest BCUT2D eigenvalue weighted by molar-refractivity contribution is 5.84. The highest BCUT2D eigenvalue weighted by Gasteiger charge is 2.33. The number of hydrogen-bond donors (Lipinski definition) is 1. The summed E-state index contributed by atoms with van der Waals surface area (Å²) in [4.78, 5) is 19.1. The van der Waals surface area contributed by atoms with Gasteiger partial charge in [0.05, 0.1) is 30.6 Å². The van der Waals surface area contributed by atoms with Crippen molar-refractivity contribution in [3.8, 4) is 5.75 Å². The fraction of sp³-hybridized carbons (Fsp3) is 0.409. The lowest BCUT2D eigenvalue weighted by Crippen LogP contribution is -2.48. The van der Waals surface area contributed by atoms with E-state index in [4.69, 9.17) is 9.72 Å². The van der Waals surface area contributed by atoms with Crippen molar-refractivity contribution < 1.29 is 9.84 Å². The number of aryl methyl sites for hydroxylation is 1. The van der Waals surface area contributed by atoms with Crippen LogP contribution in [-0.4, -0.2) is 50.6 Å². The van der Waals surface area contributed by atoms with Crippen LogP contribution in [0.4, 0.5) is 0 Å². The molecule has 1 aliphatic rings. The van der Waals surface area contributed by atoms with Gasteiger partial charge in [0.2, 0.25) is 0 Å². The van der Waals surface area contributed by atoms with Gasteiger partial charge in [0.1, 0.15) is 11.3 Å². The van der Waals surface area contributed by atoms with Crippen LogP contribution in [0.3, 0.4) is 0 Å². The third-order valence-electron chi connectivity index (χ3n) is 5.58. The van der Waals surface area contributed by atoms with Crippen molar-refractivity contribution in [1.82, 2.24) is 19.7 Å². The van der Waals surface area contributed by atoms with Crippen LogP contribution in [0.1, 0.15) is 24.2 Å². The molecule has 0 aliphatic carbocycles. The fourth-order valence-corrected chi connectivity index (χ4v) is 3.87. The fourth-order valence-electron chi connectivity index (χ4n) is 3.87. The van der Waals surface area contributed by atoms with E-state index in [2.05, 4.69) is 16.1 Å². The first-order valence-electron chi connectivity index (χ1n) is 9.88. The predicted octanol–water partition coefficient (Wildman–Crippen LogP) is 2.14. The first kappa shape index (κ1) is 19.5. The SMILES string of the molecule is COc1cccc2ccc(CN3CCC(O)(Cn4nc(C)ccc4=O)CC3)nc12. The molecule has 3 heterocycles. The van der Waals surface area contributed by atoms with Gasteiger partial charge in [-0.2, -0.15) is 5.10 Å². The van der Waals surface area contributed by atoms with Gasteiger partial charge in [0, 0.05) is 31.1 Å². The zero-order valence-electron chi connectivity index (χ0n) is 16.8. The molecule has 7 heteroatoms. The summed E-state index contributed by atoms with van der Waals surface area (Å²) in [6.45, 7) is 4.26. The Labute approximate surface area is 169 Å². The number of aromatic nitrogens is 3. The van der Waals surface area contributed by atoms with Crippen LogP contribution in [0.25, 0.3) is 10.9 Å². The lowest BCUT2D eigenvalue weighted by atomic mass is 9.91. The number of nitrogens with zero attached hydrogens (tertiary/aromatic N) is 4. The molecule has 3 aromatic rings. The van der Waals surface area contributed by atoms with Crippen LogP contribution in [-0.2, 0) is 13.1 Å². The summed E-state index contributed by atoms with van der Waals surface area (Å²) in [5, 5.41) is 16.3. The zero-order valence-corrected chi connectivity index (χ0v) is 16.8. The average Bonchev–Trinajstić information content (AvgIpc) is 2.72. The van der Waals surface area contributed by atoms with Gasteiger partial charge in [-0.25, -0.2) is 9.67 Å². The molecule has 0 spiro atoms. The topological polar surface area (TPSA) is 80.5 Å². The Morgan fingerprint density at radius 1 is 1.14 bits per heavy atom. The predicted molar refractivity (Wildman–Crippen MR) is 111 cm³/mol. The molecule has 0 unspecified atom stereocenters. The summed E-state index contributed by atoms with van der Waals surface area (Å²) in [5.41, 5.74) is 1.51. The molecule has 7 nitrogen and oxygen atoms in total. The zero-order chi connectivity index (χ0) is 20.4. The first-order chi connectivity index (χ1) is 14.0. The number of pyridine rings is 1. The summed E-state index contributed by atoms with van der Waals surface area (Å²) in [6.07, 6.45) is 1.18. The smallest absolute Gasteiger partial charge is 0.266 e. The number of likely N-dealkylation sites (tertiary alicyclic amines) is 1.